The zero-order chi connectivity index (χ0) is 12.2. The van der Waals surface area contributed by atoms with Crippen molar-refractivity contribution < 1.29 is 12.6 Å². The predicted molar refractivity (Wildman–Crippen MR) is 65.7 cm³/mol. The van der Waals surface area contributed by atoms with Gasteiger partial charge in [0.2, 0.25) is 0 Å². The highest BCUT2D eigenvalue weighted by molar-refractivity contribution is 7.87. The van der Waals surface area contributed by atoms with Crippen LogP contribution in [0.4, 0.5) is 0 Å². The van der Waals surface area contributed by atoms with Crippen molar-refractivity contribution in [3.05, 3.63) is 0 Å². The molecule has 1 aliphatic rings. The first-order valence-electron chi connectivity index (χ1n) is 6.34. The van der Waals surface area contributed by atoms with Gasteiger partial charge < -0.3 is 0 Å². The number of hydrogen-bond acceptors (Lipinski definition) is 3. The largest absolute Gasteiger partial charge is 0.270 e. The van der Waals surface area contributed by atoms with Gasteiger partial charge in [0.05, 0.1) is 11.9 Å². The Kier molecular flexibility index (Phi) is 5.25. The monoisotopic (exact) mass is 248 g/mol. The third-order valence-electron chi connectivity index (χ3n) is 3.58. The Balaban J connectivity index is 2.44. The van der Waals surface area contributed by atoms with Crippen molar-refractivity contribution >= 4 is 10.1 Å². The Labute approximate surface area is 99.7 Å². The molecular formula is C12H24O3S. The van der Waals surface area contributed by atoms with Crippen LogP contribution in [0, 0.1) is 11.8 Å². The van der Waals surface area contributed by atoms with E-state index in [9.17, 15) is 8.42 Å². The second-order valence-corrected chi connectivity index (χ2v) is 7.06. The molecule has 1 saturated carbocycles. The van der Waals surface area contributed by atoms with Gasteiger partial charge in [0.15, 0.2) is 0 Å². The maximum absolute atomic E-state index is 11.9. The fraction of sp³-hybridized carbons (Fsp3) is 1.00. The average Bonchev–Trinajstić information content (AvgIpc) is 2.26. The van der Waals surface area contributed by atoms with E-state index in [4.69, 9.17) is 4.18 Å². The van der Waals surface area contributed by atoms with Crippen LogP contribution < -0.4 is 0 Å². The Morgan fingerprint density at radius 3 is 2.31 bits per heavy atom. The third kappa shape index (κ3) is 4.06. The van der Waals surface area contributed by atoms with E-state index in [1.807, 2.05) is 13.8 Å². The molecule has 0 unspecified atom stereocenters. The number of rotatable bonds is 5. The van der Waals surface area contributed by atoms with E-state index >= 15 is 0 Å². The summed E-state index contributed by atoms with van der Waals surface area (Å²) in [6.45, 7) is 6.58. The van der Waals surface area contributed by atoms with Gasteiger partial charge in [-0.3, -0.25) is 4.18 Å². The second-order valence-electron chi connectivity index (χ2n) is 5.17. The van der Waals surface area contributed by atoms with Crippen LogP contribution in [-0.4, -0.2) is 20.3 Å². The van der Waals surface area contributed by atoms with E-state index in [0.29, 0.717) is 18.4 Å². The fourth-order valence-corrected chi connectivity index (χ4v) is 3.41. The Morgan fingerprint density at radius 1 is 1.25 bits per heavy atom. The molecule has 0 heterocycles. The molecule has 0 aromatic carbocycles. The van der Waals surface area contributed by atoms with Gasteiger partial charge in [0.1, 0.15) is 0 Å². The average molecular weight is 248 g/mol. The predicted octanol–water partition coefficient (Wildman–Crippen LogP) is 2.96. The lowest BCUT2D eigenvalue weighted by atomic mass is 9.91. The molecule has 0 N–H and O–H groups in total. The van der Waals surface area contributed by atoms with E-state index in [1.165, 1.54) is 0 Å². The molecule has 0 amide bonds. The molecule has 0 bridgehead atoms. The molecule has 96 valence electrons. The van der Waals surface area contributed by atoms with Crippen LogP contribution in [0.25, 0.3) is 0 Å². The van der Waals surface area contributed by atoms with Crippen LogP contribution in [0.3, 0.4) is 0 Å². The molecule has 0 aromatic rings. The molecule has 1 fully saturated rings. The molecule has 0 aromatic heterocycles. The molecular weight excluding hydrogens is 224 g/mol. The zero-order valence-electron chi connectivity index (χ0n) is 10.6. The normalized spacial score (nSPS) is 28.9. The van der Waals surface area contributed by atoms with Crippen molar-refractivity contribution in [1.29, 1.82) is 0 Å². The third-order valence-corrected chi connectivity index (χ3v) is 5.34. The fourth-order valence-electron chi connectivity index (χ4n) is 1.94. The Morgan fingerprint density at radius 2 is 1.81 bits per heavy atom. The van der Waals surface area contributed by atoms with Gasteiger partial charge in [-0.05, 0) is 37.5 Å². The zero-order valence-corrected chi connectivity index (χ0v) is 11.4. The van der Waals surface area contributed by atoms with Crippen LogP contribution >= 0.6 is 0 Å². The van der Waals surface area contributed by atoms with Gasteiger partial charge in [0.25, 0.3) is 10.1 Å². The summed E-state index contributed by atoms with van der Waals surface area (Å²) in [5, 5.41) is -0.257. The number of hydrogen-bond donors (Lipinski definition) is 0. The highest BCUT2D eigenvalue weighted by Crippen LogP contribution is 2.29. The highest BCUT2D eigenvalue weighted by atomic mass is 32.2. The van der Waals surface area contributed by atoms with Crippen LogP contribution in [0.1, 0.15) is 52.9 Å². The summed E-state index contributed by atoms with van der Waals surface area (Å²) in [6, 6.07) is 0. The summed E-state index contributed by atoms with van der Waals surface area (Å²) in [6.07, 6.45) is 4.51. The summed E-state index contributed by atoms with van der Waals surface area (Å²) < 4.78 is 28.9. The molecule has 4 heteroatoms. The van der Waals surface area contributed by atoms with Crippen molar-refractivity contribution in [2.45, 2.75) is 58.1 Å². The molecule has 1 rings (SSSR count). The topological polar surface area (TPSA) is 43.4 Å². The van der Waals surface area contributed by atoms with Crippen LogP contribution in [-0.2, 0) is 14.3 Å². The first kappa shape index (κ1) is 14.0. The minimum absolute atomic E-state index is 0.257. The van der Waals surface area contributed by atoms with Gasteiger partial charge in [-0.25, -0.2) is 0 Å². The molecule has 0 saturated heterocycles. The second kappa shape index (κ2) is 6.01. The quantitative estimate of drug-likeness (QED) is 0.703. The Bertz CT molecular complexity index is 289. The van der Waals surface area contributed by atoms with Crippen molar-refractivity contribution in [2.75, 3.05) is 6.61 Å². The molecule has 1 atom stereocenters. The van der Waals surface area contributed by atoms with Crippen LogP contribution in [0.15, 0.2) is 0 Å². The summed E-state index contributed by atoms with van der Waals surface area (Å²) in [5.41, 5.74) is 0. The first-order chi connectivity index (χ1) is 7.45. The van der Waals surface area contributed by atoms with Gasteiger partial charge in [-0.2, -0.15) is 8.42 Å². The maximum Gasteiger partial charge on any atom is 0.270 e. The molecule has 1 aliphatic carbocycles. The van der Waals surface area contributed by atoms with Crippen molar-refractivity contribution in [2.24, 2.45) is 11.8 Å². The minimum atomic E-state index is -3.31. The first-order valence-corrected chi connectivity index (χ1v) is 7.81. The van der Waals surface area contributed by atoms with E-state index in [2.05, 4.69) is 6.92 Å². The Hall–Kier alpha value is -0.0900. The summed E-state index contributed by atoms with van der Waals surface area (Å²) in [5.74, 6) is 0.985. The van der Waals surface area contributed by atoms with E-state index in [1.54, 1.807) is 0 Å². The SMILES string of the molecule is CC[C@H](C)COS(=O)(=O)C1CCC(C)CC1. The summed E-state index contributed by atoms with van der Waals surface area (Å²) >= 11 is 0. The molecule has 0 spiro atoms. The maximum atomic E-state index is 11.9. The molecule has 16 heavy (non-hydrogen) atoms. The van der Waals surface area contributed by atoms with Crippen LogP contribution in [0.2, 0.25) is 0 Å². The van der Waals surface area contributed by atoms with E-state index in [0.717, 1.165) is 32.1 Å². The minimum Gasteiger partial charge on any atom is -0.270 e. The summed E-state index contributed by atoms with van der Waals surface area (Å²) in [7, 11) is -3.31. The van der Waals surface area contributed by atoms with E-state index in [-0.39, 0.29) is 5.25 Å². The van der Waals surface area contributed by atoms with Crippen LogP contribution in [0.5, 0.6) is 0 Å². The van der Waals surface area contributed by atoms with Crippen molar-refractivity contribution in [1.82, 2.24) is 0 Å². The lowest BCUT2D eigenvalue weighted by molar-refractivity contribution is 0.249. The lowest BCUT2D eigenvalue weighted by Gasteiger charge is -2.25. The smallest absolute Gasteiger partial charge is 0.270 e. The van der Waals surface area contributed by atoms with Gasteiger partial charge in [-0.15, -0.1) is 0 Å². The van der Waals surface area contributed by atoms with Gasteiger partial charge in [0, 0.05) is 0 Å². The molecule has 0 radical (unpaired) electrons. The standard InChI is InChI=1S/C12H24O3S/c1-4-10(2)9-15-16(13,14)12-7-5-11(3)6-8-12/h10-12H,4-9H2,1-3H3/t10-,11?,12?/m0/s1. The molecule has 3 nitrogen and oxygen atoms in total. The van der Waals surface area contributed by atoms with Crippen molar-refractivity contribution in [3.8, 4) is 0 Å². The van der Waals surface area contributed by atoms with Crippen molar-refractivity contribution in [3.63, 3.8) is 0 Å². The summed E-state index contributed by atoms with van der Waals surface area (Å²) in [4.78, 5) is 0. The molecule has 0 aliphatic heterocycles. The van der Waals surface area contributed by atoms with Gasteiger partial charge >= 0.3 is 0 Å². The van der Waals surface area contributed by atoms with E-state index < -0.39 is 10.1 Å². The van der Waals surface area contributed by atoms with Gasteiger partial charge in [-0.1, -0.05) is 27.2 Å². The lowest BCUT2D eigenvalue weighted by Crippen LogP contribution is -2.29. The highest BCUT2D eigenvalue weighted by Gasteiger charge is 2.30.